The van der Waals surface area contributed by atoms with Gasteiger partial charge in [0.25, 0.3) is 0 Å². The summed E-state index contributed by atoms with van der Waals surface area (Å²) < 4.78 is 54.7. The normalized spacial score (nSPS) is 13.5. The smallest absolute Gasteiger partial charge is 0.387 e. The molecule has 0 fully saturated rings. The zero-order valence-corrected chi connectivity index (χ0v) is 11.2. The van der Waals surface area contributed by atoms with Crippen molar-refractivity contribution in [2.75, 3.05) is 6.54 Å². The minimum absolute atomic E-state index is 0.128. The van der Waals surface area contributed by atoms with Crippen LogP contribution in [0.3, 0.4) is 0 Å². The highest BCUT2D eigenvalue weighted by molar-refractivity contribution is 7.89. The highest BCUT2D eigenvalue weighted by Crippen LogP contribution is 2.24. The molecule has 1 unspecified atom stereocenters. The number of hydrogen-bond donors (Lipinski definition) is 2. The second kappa shape index (κ2) is 6.78. The van der Waals surface area contributed by atoms with Crippen LogP contribution in [0.2, 0.25) is 0 Å². The Morgan fingerprint density at radius 1 is 1.37 bits per heavy atom. The summed E-state index contributed by atoms with van der Waals surface area (Å²) in [4.78, 5) is -0.319. The molecule has 8 heteroatoms. The van der Waals surface area contributed by atoms with Gasteiger partial charge in [-0.3, -0.25) is 0 Å². The zero-order valence-electron chi connectivity index (χ0n) is 10.3. The fourth-order valence-electron chi connectivity index (χ4n) is 1.36. The third kappa shape index (κ3) is 5.09. The first-order chi connectivity index (χ1) is 8.83. The summed E-state index contributed by atoms with van der Waals surface area (Å²) in [5.74, 6) is -0.384. The van der Waals surface area contributed by atoms with Crippen LogP contribution in [0, 0.1) is 0 Å². The van der Waals surface area contributed by atoms with Crippen LogP contribution in [0.15, 0.2) is 29.2 Å². The van der Waals surface area contributed by atoms with Crippen LogP contribution in [0.25, 0.3) is 0 Å². The zero-order chi connectivity index (χ0) is 14.5. The number of nitrogens with one attached hydrogen (secondary N) is 1. The van der Waals surface area contributed by atoms with Gasteiger partial charge in [-0.2, -0.15) is 8.78 Å². The summed E-state index contributed by atoms with van der Waals surface area (Å²) in [6.45, 7) is -1.22. The molecule has 0 aliphatic rings. The first kappa shape index (κ1) is 15.8. The molecule has 1 atom stereocenters. The predicted molar refractivity (Wildman–Crippen MR) is 66.5 cm³/mol. The van der Waals surface area contributed by atoms with Gasteiger partial charge in [0.15, 0.2) is 0 Å². The van der Waals surface area contributed by atoms with Gasteiger partial charge in [-0.25, -0.2) is 13.1 Å². The number of rotatable bonds is 7. The van der Waals surface area contributed by atoms with Crippen LogP contribution in [0.4, 0.5) is 8.78 Å². The molecule has 1 rings (SSSR count). The molecule has 0 aromatic heterocycles. The number of alkyl halides is 2. The lowest BCUT2D eigenvalue weighted by atomic mass is 10.3. The number of sulfonamides is 1. The summed E-state index contributed by atoms with van der Waals surface area (Å²) in [5, 5.41) is 0. The predicted octanol–water partition coefficient (Wildman–Crippen LogP) is 1.30. The van der Waals surface area contributed by atoms with Crippen molar-refractivity contribution in [3.05, 3.63) is 24.3 Å². The topological polar surface area (TPSA) is 81.4 Å². The number of halogens is 2. The van der Waals surface area contributed by atoms with E-state index in [1.165, 1.54) is 24.3 Å². The third-order valence-corrected chi connectivity index (χ3v) is 3.75. The molecule has 0 aliphatic carbocycles. The van der Waals surface area contributed by atoms with Crippen LogP contribution >= 0.6 is 0 Å². The van der Waals surface area contributed by atoms with E-state index in [0.717, 1.165) is 0 Å². The minimum Gasteiger partial charge on any atom is -0.433 e. The second-order valence-electron chi connectivity index (χ2n) is 3.99. The van der Waals surface area contributed by atoms with Gasteiger partial charge in [0.1, 0.15) is 10.6 Å². The molecule has 0 bridgehead atoms. The van der Waals surface area contributed by atoms with Crippen molar-refractivity contribution >= 4 is 10.0 Å². The largest absolute Gasteiger partial charge is 0.433 e. The van der Waals surface area contributed by atoms with E-state index in [2.05, 4.69) is 9.46 Å². The number of hydrogen-bond acceptors (Lipinski definition) is 4. The summed E-state index contributed by atoms with van der Waals surface area (Å²) >= 11 is 0. The van der Waals surface area contributed by atoms with Crippen molar-refractivity contribution in [1.82, 2.24) is 4.72 Å². The second-order valence-corrected chi connectivity index (χ2v) is 5.72. The molecule has 0 saturated carbocycles. The average Bonchev–Trinajstić information content (AvgIpc) is 2.27. The first-order valence-corrected chi connectivity index (χ1v) is 7.10. The summed E-state index contributed by atoms with van der Waals surface area (Å²) in [6.07, 6.45) is 0.442. The van der Waals surface area contributed by atoms with Crippen LogP contribution in [-0.4, -0.2) is 27.6 Å². The lowest BCUT2D eigenvalue weighted by molar-refractivity contribution is -0.0517. The molecular weight excluding hydrogens is 278 g/mol. The Labute approximate surface area is 110 Å². The molecule has 0 aliphatic heterocycles. The number of ether oxygens (including phenoxy) is 1. The standard InChI is InChI=1S/C11H16F2N2O3S/c1-8(14)6-7-15-19(16,17)10-5-3-2-4-9(10)18-11(12)13/h2-5,8,11,15H,6-7,14H2,1H3. The van der Waals surface area contributed by atoms with Crippen molar-refractivity contribution < 1.29 is 21.9 Å². The Morgan fingerprint density at radius 2 is 2.00 bits per heavy atom. The highest BCUT2D eigenvalue weighted by atomic mass is 32.2. The fraction of sp³-hybridized carbons (Fsp3) is 0.455. The van der Waals surface area contributed by atoms with E-state index in [-0.39, 0.29) is 23.2 Å². The third-order valence-electron chi connectivity index (χ3n) is 2.25. The number of para-hydroxylation sites is 1. The summed E-state index contributed by atoms with van der Waals surface area (Å²) in [6, 6.07) is 5.06. The molecule has 108 valence electrons. The van der Waals surface area contributed by atoms with Crippen LogP contribution in [0.5, 0.6) is 5.75 Å². The molecule has 1 aromatic carbocycles. The maximum atomic E-state index is 12.2. The van der Waals surface area contributed by atoms with Crippen molar-refractivity contribution in [2.45, 2.75) is 30.9 Å². The fourth-order valence-corrected chi connectivity index (χ4v) is 2.55. The van der Waals surface area contributed by atoms with E-state index in [1.54, 1.807) is 6.92 Å². The van der Waals surface area contributed by atoms with Gasteiger partial charge in [0.05, 0.1) is 0 Å². The van der Waals surface area contributed by atoms with Crippen molar-refractivity contribution in [2.24, 2.45) is 5.73 Å². The van der Waals surface area contributed by atoms with Gasteiger partial charge in [-0.1, -0.05) is 12.1 Å². The molecule has 3 N–H and O–H groups in total. The molecule has 0 saturated heterocycles. The van der Waals surface area contributed by atoms with Gasteiger partial charge in [0, 0.05) is 12.6 Å². The van der Waals surface area contributed by atoms with E-state index in [4.69, 9.17) is 5.73 Å². The molecule has 0 radical (unpaired) electrons. The maximum Gasteiger partial charge on any atom is 0.387 e. The Kier molecular flexibility index (Phi) is 5.64. The van der Waals surface area contributed by atoms with E-state index < -0.39 is 16.6 Å². The van der Waals surface area contributed by atoms with E-state index in [0.29, 0.717) is 6.42 Å². The molecule has 0 amide bonds. The van der Waals surface area contributed by atoms with Gasteiger partial charge < -0.3 is 10.5 Å². The lowest BCUT2D eigenvalue weighted by Gasteiger charge is -2.12. The minimum atomic E-state index is -3.90. The van der Waals surface area contributed by atoms with Crippen LogP contribution < -0.4 is 15.2 Å². The average molecular weight is 294 g/mol. The maximum absolute atomic E-state index is 12.2. The monoisotopic (exact) mass is 294 g/mol. The number of nitrogens with two attached hydrogens (primary N) is 1. The quantitative estimate of drug-likeness (QED) is 0.794. The number of benzene rings is 1. The van der Waals surface area contributed by atoms with Crippen molar-refractivity contribution in [3.8, 4) is 5.75 Å². The molecule has 0 heterocycles. The van der Waals surface area contributed by atoms with E-state index >= 15 is 0 Å². The molecule has 1 aromatic rings. The van der Waals surface area contributed by atoms with Gasteiger partial charge >= 0.3 is 6.61 Å². The molecule has 0 spiro atoms. The van der Waals surface area contributed by atoms with Gasteiger partial charge in [-0.15, -0.1) is 0 Å². The van der Waals surface area contributed by atoms with Crippen molar-refractivity contribution in [3.63, 3.8) is 0 Å². The van der Waals surface area contributed by atoms with E-state index in [9.17, 15) is 17.2 Å². The van der Waals surface area contributed by atoms with Crippen LogP contribution in [0.1, 0.15) is 13.3 Å². The SMILES string of the molecule is CC(N)CCNS(=O)(=O)c1ccccc1OC(F)F. The molecular formula is C11H16F2N2O3S. The Bertz CT molecular complexity index is 506. The summed E-state index contributed by atoms with van der Waals surface area (Å²) in [7, 11) is -3.90. The highest BCUT2D eigenvalue weighted by Gasteiger charge is 2.20. The Morgan fingerprint density at radius 3 is 2.58 bits per heavy atom. The van der Waals surface area contributed by atoms with E-state index in [1.807, 2.05) is 0 Å². The van der Waals surface area contributed by atoms with Gasteiger partial charge in [0.2, 0.25) is 10.0 Å². The Hall–Kier alpha value is -1.25. The lowest BCUT2D eigenvalue weighted by Crippen LogP contribution is -2.29. The first-order valence-electron chi connectivity index (χ1n) is 5.62. The van der Waals surface area contributed by atoms with Crippen molar-refractivity contribution in [1.29, 1.82) is 0 Å². The Balaban J connectivity index is 2.88. The molecule has 19 heavy (non-hydrogen) atoms. The summed E-state index contributed by atoms with van der Waals surface area (Å²) in [5.41, 5.74) is 5.50. The van der Waals surface area contributed by atoms with Crippen LogP contribution in [-0.2, 0) is 10.0 Å². The molecule has 5 nitrogen and oxygen atoms in total. The van der Waals surface area contributed by atoms with Gasteiger partial charge in [-0.05, 0) is 25.5 Å².